The maximum Gasteiger partial charge on any atom is 0.328 e. The third-order valence-electron chi connectivity index (χ3n) is 6.66. The maximum absolute atomic E-state index is 13.3. The van der Waals surface area contributed by atoms with Gasteiger partial charge in [-0.05, 0) is 24.5 Å². The van der Waals surface area contributed by atoms with Crippen LogP contribution in [0.25, 0.3) is 0 Å². The molecule has 3 amide bonds. The highest BCUT2D eigenvalue weighted by Crippen LogP contribution is 2.29. The number of fused-ring (bicyclic) bond motifs is 1. The van der Waals surface area contributed by atoms with E-state index in [4.69, 9.17) is 14.2 Å². The first-order valence-corrected chi connectivity index (χ1v) is 12.4. The second-order valence-electron chi connectivity index (χ2n) is 9.29. The fourth-order valence-electron chi connectivity index (χ4n) is 4.57. The molecule has 0 aromatic carbocycles. The number of aldehydes is 1. The molecule has 0 bridgehead atoms. The topological polar surface area (TPSA) is 159 Å². The number of urea groups is 1. The van der Waals surface area contributed by atoms with Crippen LogP contribution in [0.15, 0.2) is 18.3 Å². The van der Waals surface area contributed by atoms with Crippen molar-refractivity contribution in [2.24, 2.45) is 0 Å². The van der Waals surface area contributed by atoms with Gasteiger partial charge in [-0.3, -0.25) is 19.8 Å². The van der Waals surface area contributed by atoms with Gasteiger partial charge in [0.2, 0.25) is 5.91 Å². The molecule has 4 heterocycles. The molecule has 1 fully saturated rings. The third kappa shape index (κ3) is 6.31. The van der Waals surface area contributed by atoms with Crippen molar-refractivity contribution >= 4 is 35.5 Å². The van der Waals surface area contributed by atoms with Crippen LogP contribution in [0.3, 0.4) is 0 Å². The molecule has 2 aliphatic rings. The third-order valence-corrected chi connectivity index (χ3v) is 6.66. The van der Waals surface area contributed by atoms with Gasteiger partial charge in [-0.2, -0.15) is 5.26 Å². The Morgan fingerprint density at radius 3 is 2.87 bits per heavy atom. The monoisotopic (exact) mass is 537 g/mol. The molecule has 4 rings (SSSR count). The lowest BCUT2D eigenvalue weighted by Crippen LogP contribution is -2.40. The Labute approximate surface area is 226 Å². The van der Waals surface area contributed by atoms with E-state index in [0.717, 1.165) is 5.56 Å². The van der Waals surface area contributed by atoms with Gasteiger partial charge in [-0.15, -0.1) is 0 Å². The van der Waals surface area contributed by atoms with Gasteiger partial charge in [0.05, 0.1) is 30.5 Å². The highest BCUT2D eigenvalue weighted by atomic mass is 16.5. The van der Waals surface area contributed by atoms with Crippen molar-refractivity contribution in [1.82, 2.24) is 14.9 Å². The van der Waals surface area contributed by atoms with E-state index in [-0.39, 0.29) is 42.7 Å². The molecule has 13 nitrogen and oxygen atoms in total. The van der Waals surface area contributed by atoms with Crippen LogP contribution in [0.2, 0.25) is 0 Å². The summed E-state index contributed by atoms with van der Waals surface area (Å²) in [5.74, 6) is 0.399. The van der Waals surface area contributed by atoms with Crippen LogP contribution in [-0.4, -0.2) is 92.9 Å². The van der Waals surface area contributed by atoms with E-state index in [9.17, 15) is 19.6 Å². The quantitative estimate of drug-likeness (QED) is 0.450. The van der Waals surface area contributed by atoms with Gasteiger partial charge in [-0.25, -0.2) is 14.8 Å². The second kappa shape index (κ2) is 12.6. The van der Waals surface area contributed by atoms with Gasteiger partial charge < -0.3 is 24.4 Å². The van der Waals surface area contributed by atoms with Crippen LogP contribution in [0, 0.1) is 11.3 Å². The Bertz CT molecular complexity index is 1280. The predicted octanol–water partition coefficient (Wildman–Crippen LogP) is 1.58. The molecule has 2 atom stereocenters. The molecule has 0 unspecified atom stereocenters. The Hall–Kier alpha value is -4.12. The van der Waals surface area contributed by atoms with Crippen molar-refractivity contribution in [3.8, 4) is 6.07 Å². The molecule has 2 aliphatic heterocycles. The molecular formula is C26H31N7O6. The van der Waals surface area contributed by atoms with Gasteiger partial charge in [-0.1, -0.05) is 0 Å². The minimum Gasteiger partial charge on any atom is -0.377 e. The standard InChI is InChI=1S/C26H31N7O6/c1-32(24(35)15-37-2)11-17-7-16-5-4-6-33(25(16)30-20(17)12-34)26(36)31-23-8-19(18(9-27)10-28-23)29-21-13-39-14-22(21)38-3/h7-8,10,12,21-22H,4-6,11,13-15H2,1-3H3,(H2,28,29,31,36)/t21-,22-/m1/s1. The van der Waals surface area contributed by atoms with Crippen LogP contribution in [0.4, 0.5) is 22.1 Å². The number of hydrogen-bond acceptors (Lipinski definition) is 10. The molecule has 2 N–H and O–H groups in total. The normalized spacial score (nSPS) is 18.2. The number of nitrogens with zero attached hydrogens (tertiary/aromatic N) is 5. The van der Waals surface area contributed by atoms with Crippen LogP contribution in [-0.2, 0) is 32.0 Å². The number of likely N-dealkylation sites (N-methyl/N-ethyl adjacent to an activating group) is 1. The number of ether oxygens (including phenoxy) is 3. The minimum absolute atomic E-state index is 0.0682. The Morgan fingerprint density at radius 2 is 2.15 bits per heavy atom. The summed E-state index contributed by atoms with van der Waals surface area (Å²) in [5, 5.41) is 15.6. The molecule has 1 saturated heterocycles. The van der Waals surface area contributed by atoms with Gasteiger partial charge in [0, 0.05) is 52.2 Å². The van der Waals surface area contributed by atoms with Gasteiger partial charge in [0.25, 0.3) is 0 Å². The number of hydrogen-bond donors (Lipinski definition) is 2. The number of carbonyl (C=O) groups excluding carboxylic acids is 3. The van der Waals surface area contributed by atoms with Gasteiger partial charge in [0.1, 0.15) is 36.1 Å². The number of rotatable bonds is 9. The lowest BCUT2D eigenvalue weighted by molar-refractivity contribution is -0.134. The summed E-state index contributed by atoms with van der Waals surface area (Å²) in [6.45, 7) is 1.37. The highest BCUT2D eigenvalue weighted by Gasteiger charge is 2.30. The zero-order chi connectivity index (χ0) is 27.9. The fourth-order valence-corrected chi connectivity index (χ4v) is 4.57. The van der Waals surface area contributed by atoms with Gasteiger partial charge >= 0.3 is 6.03 Å². The first kappa shape index (κ1) is 27.9. The average Bonchev–Trinajstić information content (AvgIpc) is 3.39. The van der Waals surface area contributed by atoms with Crippen LogP contribution < -0.4 is 15.5 Å². The average molecular weight is 538 g/mol. The number of aromatic nitrogens is 2. The van der Waals surface area contributed by atoms with E-state index < -0.39 is 6.03 Å². The summed E-state index contributed by atoms with van der Waals surface area (Å²) >= 11 is 0. The molecule has 0 aliphatic carbocycles. The molecule has 2 aromatic rings. The summed E-state index contributed by atoms with van der Waals surface area (Å²) in [4.78, 5) is 49.0. The largest absolute Gasteiger partial charge is 0.377 e. The predicted molar refractivity (Wildman–Crippen MR) is 141 cm³/mol. The molecule has 13 heteroatoms. The van der Waals surface area contributed by atoms with E-state index >= 15 is 0 Å². The number of carbonyl (C=O) groups is 3. The molecule has 39 heavy (non-hydrogen) atoms. The van der Waals surface area contributed by atoms with Crippen molar-refractivity contribution in [1.29, 1.82) is 5.26 Å². The summed E-state index contributed by atoms with van der Waals surface area (Å²) < 4.78 is 15.8. The zero-order valence-electron chi connectivity index (χ0n) is 22.1. The number of anilines is 3. The van der Waals surface area contributed by atoms with Crippen molar-refractivity contribution < 1.29 is 28.6 Å². The van der Waals surface area contributed by atoms with Crippen LogP contribution in [0.5, 0.6) is 0 Å². The first-order valence-electron chi connectivity index (χ1n) is 12.4. The van der Waals surface area contributed by atoms with E-state index in [1.54, 1.807) is 20.2 Å². The van der Waals surface area contributed by atoms with Crippen LogP contribution in [0.1, 0.15) is 33.6 Å². The lowest BCUT2D eigenvalue weighted by atomic mass is 10.0. The SMILES string of the molecule is COCC(=O)N(C)Cc1cc2c(nc1C=O)N(C(=O)Nc1cc(N[C@@H]3COC[C@H]3OC)c(C#N)cn1)CCC2. The number of nitrogens with one attached hydrogen (secondary N) is 2. The molecular weight excluding hydrogens is 506 g/mol. The molecule has 206 valence electrons. The number of amides is 3. The summed E-state index contributed by atoms with van der Waals surface area (Å²) in [6.07, 6.45) is 3.19. The molecule has 0 radical (unpaired) electrons. The Morgan fingerprint density at radius 1 is 1.33 bits per heavy atom. The van der Waals surface area contributed by atoms with Crippen molar-refractivity contribution in [2.75, 3.05) is 63.2 Å². The number of methoxy groups -OCH3 is 2. The maximum atomic E-state index is 13.3. The van der Waals surface area contributed by atoms with E-state index in [0.29, 0.717) is 61.5 Å². The van der Waals surface area contributed by atoms with Gasteiger partial charge in [0.15, 0.2) is 6.29 Å². The zero-order valence-corrected chi connectivity index (χ0v) is 22.1. The Balaban J connectivity index is 1.53. The minimum atomic E-state index is -0.470. The Kier molecular flexibility index (Phi) is 9.03. The van der Waals surface area contributed by atoms with Crippen molar-refractivity contribution in [2.45, 2.75) is 31.5 Å². The second-order valence-corrected chi connectivity index (χ2v) is 9.29. The molecule has 0 spiro atoms. The molecule has 2 aromatic heterocycles. The fraction of sp³-hybridized carbons (Fsp3) is 0.462. The number of nitriles is 1. The van der Waals surface area contributed by atoms with E-state index in [1.165, 1.54) is 23.1 Å². The van der Waals surface area contributed by atoms with E-state index in [1.807, 2.05) is 6.07 Å². The molecule has 0 saturated carbocycles. The highest BCUT2D eigenvalue weighted by molar-refractivity contribution is 6.02. The summed E-state index contributed by atoms with van der Waals surface area (Å²) in [6, 6.07) is 4.88. The van der Waals surface area contributed by atoms with Crippen LogP contribution >= 0.6 is 0 Å². The smallest absolute Gasteiger partial charge is 0.328 e. The summed E-state index contributed by atoms with van der Waals surface area (Å²) in [5.41, 5.74) is 2.36. The number of aryl methyl sites for hydroxylation is 1. The van der Waals surface area contributed by atoms with Crippen molar-refractivity contribution in [3.05, 3.63) is 40.7 Å². The summed E-state index contributed by atoms with van der Waals surface area (Å²) in [7, 11) is 4.66. The van der Waals surface area contributed by atoms with Crippen molar-refractivity contribution in [3.63, 3.8) is 0 Å². The lowest BCUT2D eigenvalue weighted by Gasteiger charge is -2.29. The van der Waals surface area contributed by atoms with E-state index in [2.05, 4.69) is 26.7 Å². The number of pyridine rings is 2. The first-order chi connectivity index (χ1) is 18.9.